The monoisotopic (exact) mass is 492 g/mol. The lowest BCUT2D eigenvalue weighted by atomic mass is 10.2. The number of rotatable bonds is 6. The van der Waals surface area contributed by atoms with E-state index in [0.29, 0.717) is 17.9 Å². The zero-order chi connectivity index (χ0) is 23.8. The van der Waals surface area contributed by atoms with E-state index in [1.807, 2.05) is 6.92 Å². The number of pyridine rings is 1. The van der Waals surface area contributed by atoms with Crippen molar-refractivity contribution in [1.82, 2.24) is 18.6 Å². The fourth-order valence-electron chi connectivity index (χ4n) is 3.73. The predicted octanol–water partition coefficient (Wildman–Crippen LogP) is 1.28. The van der Waals surface area contributed by atoms with Crippen LogP contribution in [0.1, 0.15) is 17.4 Å². The van der Waals surface area contributed by atoms with E-state index in [-0.39, 0.29) is 41.9 Å². The van der Waals surface area contributed by atoms with E-state index < -0.39 is 25.8 Å². The van der Waals surface area contributed by atoms with Crippen molar-refractivity contribution in [3.8, 4) is 5.75 Å². The van der Waals surface area contributed by atoms with Gasteiger partial charge >= 0.3 is 0 Å². The number of hydrogen-bond acceptors (Lipinski definition) is 7. The summed E-state index contributed by atoms with van der Waals surface area (Å²) in [5.74, 6) is 0.152. The normalized spacial score (nSPS) is 15.6. The first-order chi connectivity index (χ1) is 15.6. The quantitative estimate of drug-likeness (QED) is 0.509. The van der Waals surface area contributed by atoms with Crippen molar-refractivity contribution in [2.45, 2.75) is 17.0 Å². The van der Waals surface area contributed by atoms with Gasteiger partial charge in [0.05, 0.1) is 17.0 Å². The van der Waals surface area contributed by atoms with Gasteiger partial charge in [-0.15, -0.1) is 0 Å². The number of carbonyl (C=O) groups excluding carboxylic acids is 1. The molecule has 1 aliphatic heterocycles. The lowest BCUT2D eigenvalue weighted by Gasteiger charge is -2.33. The summed E-state index contributed by atoms with van der Waals surface area (Å²) in [7, 11) is -7.37. The number of hydrogen-bond donors (Lipinski definition) is 0. The van der Waals surface area contributed by atoms with Crippen molar-refractivity contribution in [2.24, 2.45) is 0 Å². The Morgan fingerprint density at radius 2 is 1.67 bits per heavy atom. The Morgan fingerprint density at radius 1 is 1.00 bits per heavy atom. The maximum atomic E-state index is 13.2. The number of amides is 1. The van der Waals surface area contributed by atoms with Crippen LogP contribution in [-0.2, 0) is 19.9 Å². The minimum absolute atomic E-state index is 0.0267. The zero-order valence-corrected chi connectivity index (χ0v) is 19.8. The molecule has 1 fully saturated rings. The molecule has 33 heavy (non-hydrogen) atoms. The fourth-order valence-corrected chi connectivity index (χ4v) is 5.93. The van der Waals surface area contributed by atoms with Crippen LogP contribution in [0.2, 0.25) is 0 Å². The van der Waals surface area contributed by atoms with Gasteiger partial charge in [-0.2, -0.15) is 4.31 Å². The SMILES string of the molecule is CCOc1ccc(S(=O)(=O)N2CCN(C(=O)c3nc(S(C)(=O)=O)n4ccccc34)CC2)cc1. The van der Waals surface area contributed by atoms with Crippen molar-refractivity contribution in [3.63, 3.8) is 0 Å². The molecule has 0 radical (unpaired) electrons. The molecular formula is C21H24N4O6S2. The summed E-state index contributed by atoms with van der Waals surface area (Å²) < 4.78 is 58.3. The van der Waals surface area contributed by atoms with Crippen LogP contribution in [0.3, 0.4) is 0 Å². The lowest BCUT2D eigenvalue weighted by molar-refractivity contribution is 0.0694. The molecule has 1 aliphatic rings. The van der Waals surface area contributed by atoms with Gasteiger partial charge in [-0.25, -0.2) is 21.8 Å². The first kappa shape index (κ1) is 23.2. The Labute approximate surface area is 192 Å². The highest BCUT2D eigenvalue weighted by Gasteiger charge is 2.32. The molecule has 3 aromatic rings. The summed E-state index contributed by atoms with van der Waals surface area (Å²) in [6.45, 7) is 2.89. The third-order valence-electron chi connectivity index (χ3n) is 5.35. The maximum absolute atomic E-state index is 13.2. The summed E-state index contributed by atoms with van der Waals surface area (Å²) >= 11 is 0. The average molecular weight is 493 g/mol. The topological polar surface area (TPSA) is 118 Å². The maximum Gasteiger partial charge on any atom is 0.274 e. The highest BCUT2D eigenvalue weighted by Crippen LogP contribution is 2.23. The smallest absolute Gasteiger partial charge is 0.274 e. The first-order valence-electron chi connectivity index (χ1n) is 10.3. The van der Waals surface area contributed by atoms with Gasteiger partial charge in [0.15, 0.2) is 5.69 Å². The van der Waals surface area contributed by atoms with Gasteiger partial charge < -0.3 is 9.64 Å². The van der Waals surface area contributed by atoms with Crippen LogP contribution >= 0.6 is 0 Å². The third-order valence-corrected chi connectivity index (χ3v) is 8.21. The Morgan fingerprint density at radius 3 is 2.27 bits per heavy atom. The van der Waals surface area contributed by atoms with E-state index in [1.54, 1.807) is 30.3 Å². The second-order valence-electron chi connectivity index (χ2n) is 7.57. The van der Waals surface area contributed by atoms with Gasteiger partial charge in [0.2, 0.25) is 25.0 Å². The summed E-state index contributed by atoms with van der Waals surface area (Å²) in [4.78, 5) is 18.9. The highest BCUT2D eigenvalue weighted by molar-refractivity contribution is 7.90. The van der Waals surface area contributed by atoms with Crippen LogP contribution in [0.4, 0.5) is 0 Å². The molecule has 0 bridgehead atoms. The van der Waals surface area contributed by atoms with E-state index in [4.69, 9.17) is 4.74 Å². The number of ether oxygens (including phenoxy) is 1. The molecule has 2 aromatic heterocycles. The third kappa shape index (κ3) is 4.45. The molecule has 176 valence electrons. The summed E-state index contributed by atoms with van der Waals surface area (Å²) in [6.07, 6.45) is 2.57. The molecule has 0 atom stereocenters. The van der Waals surface area contributed by atoms with E-state index in [9.17, 15) is 21.6 Å². The summed E-state index contributed by atoms with van der Waals surface area (Å²) in [5.41, 5.74) is 0.409. The van der Waals surface area contributed by atoms with E-state index in [2.05, 4.69) is 4.98 Å². The van der Waals surface area contributed by atoms with Gasteiger partial charge in [-0.05, 0) is 43.3 Å². The zero-order valence-electron chi connectivity index (χ0n) is 18.2. The highest BCUT2D eigenvalue weighted by atomic mass is 32.2. The van der Waals surface area contributed by atoms with Crippen molar-refractivity contribution in [3.05, 3.63) is 54.4 Å². The molecule has 0 unspecified atom stereocenters. The molecular weight excluding hydrogens is 468 g/mol. The molecule has 3 heterocycles. The average Bonchev–Trinajstić information content (AvgIpc) is 3.20. The first-order valence-corrected chi connectivity index (χ1v) is 13.7. The van der Waals surface area contributed by atoms with Crippen molar-refractivity contribution in [1.29, 1.82) is 0 Å². The van der Waals surface area contributed by atoms with Gasteiger partial charge in [-0.1, -0.05) is 6.07 Å². The number of imidazole rings is 1. The molecule has 12 heteroatoms. The molecule has 1 saturated heterocycles. The van der Waals surface area contributed by atoms with E-state index >= 15 is 0 Å². The molecule has 0 N–H and O–H groups in total. The number of nitrogens with zero attached hydrogens (tertiary/aromatic N) is 4. The van der Waals surface area contributed by atoms with Gasteiger partial charge in [0, 0.05) is 38.6 Å². The van der Waals surface area contributed by atoms with Crippen molar-refractivity contribution in [2.75, 3.05) is 39.0 Å². The molecule has 0 saturated carbocycles. The number of sulfonamides is 1. The minimum atomic E-state index is -3.72. The minimum Gasteiger partial charge on any atom is -0.494 e. The molecule has 10 nitrogen and oxygen atoms in total. The fraction of sp³-hybridized carbons (Fsp3) is 0.333. The standard InChI is InChI=1S/C21H24N4O6S2/c1-3-31-16-7-9-17(10-8-16)33(29,30)24-14-12-23(13-15-24)20(26)19-18-6-4-5-11-25(18)21(22-19)32(2,27)28/h4-11H,3,12-15H2,1-2H3. The number of sulfone groups is 1. The second kappa shape index (κ2) is 8.76. The van der Waals surface area contributed by atoms with Gasteiger partial charge in [-0.3, -0.25) is 9.20 Å². The molecule has 0 aliphatic carbocycles. The Balaban J connectivity index is 1.52. The van der Waals surface area contributed by atoms with E-state index in [1.165, 1.54) is 31.9 Å². The van der Waals surface area contributed by atoms with Crippen molar-refractivity contribution < 1.29 is 26.4 Å². The lowest BCUT2D eigenvalue weighted by Crippen LogP contribution is -2.50. The van der Waals surface area contributed by atoms with Crippen LogP contribution in [0.25, 0.3) is 5.52 Å². The summed E-state index contributed by atoms with van der Waals surface area (Å²) in [6, 6.07) is 11.2. The van der Waals surface area contributed by atoms with Gasteiger partial charge in [0.25, 0.3) is 5.91 Å². The Bertz CT molecular complexity index is 1390. The Hall–Kier alpha value is -2.96. The number of benzene rings is 1. The second-order valence-corrected chi connectivity index (χ2v) is 11.4. The number of piperazine rings is 1. The number of fused-ring (bicyclic) bond motifs is 1. The largest absolute Gasteiger partial charge is 0.494 e. The van der Waals surface area contributed by atoms with Gasteiger partial charge in [0.1, 0.15) is 5.75 Å². The molecule has 1 aromatic carbocycles. The van der Waals surface area contributed by atoms with E-state index in [0.717, 1.165) is 6.26 Å². The predicted molar refractivity (Wildman–Crippen MR) is 121 cm³/mol. The van der Waals surface area contributed by atoms with Crippen LogP contribution in [0, 0.1) is 0 Å². The molecule has 0 spiro atoms. The summed E-state index contributed by atoms with van der Waals surface area (Å²) in [5, 5.41) is -0.210. The Kier molecular flexibility index (Phi) is 6.16. The molecule has 4 rings (SSSR count). The molecule has 1 amide bonds. The number of carbonyl (C=O) groups is 1. The number of aromatic nitrogens is 2. The van der Waals surface area contributed by atoms with Crippen LogP contribution in [0.15, 0.2) is 58.7 Å². The van der Waals surface area contributed by atoms with Crippen LogP contribution in [0.5, 0.6) is 5.75 Å². The van der Waals surface area contributed by atoms with Crippen molar-refractivity contribution >= 4 is 31.3 Å². The van der Waals surface area contributed by atoms with Crippen LogP contribution < -0.4 is 4.74 Å². The van der Waals surface area contributed by atoms with Crippen LogP contribution in [-0.4, -0.2) is 80.4 Å².